The lowest BCUT2D eigenvalue weighted by molar-refractivity contribution is 0.102. The van der Waals surface area contributed by atoms with Gasteiger partial charge in [0, 0.05) is 29.7 Å². The van der Waals surface area contributed by atoms with E-state index in [0.29, 0.717) is 21.5 Å². The average Bonchev–Trinajstić information content (AvgIpc) is 3.10. The van der Waals surface area contributed by atoms with Crippen molar-refractivity contribution >= 4 is 44.7 Å². The number of nitrogens with zero attached hydrogens (tertiary/aromatic N) is 3. The number of amides is 1. The number of thiazole rings is 1. The first-order valence-corrected chi connectivity index (χ1v) is 9.04. The van der Waals surface area contributed by atoms with Gasteiger partial charge in [-0.05, 0) is 42.1 Å². The smallest absolute Gasteiger partial charge is 0.259 e. The highest BCUT2D eigenvalue weighted by Gasteiger charge is 2.12. The highest BCUT2D eigenvalue weighted by Crippen LogP contribution is 2.31. The van der Waals surface area contributed by atoms with Crippen LogP contribution in [0, 0.1) is 6.92 Å². The molecule has 1 aromatic carbocycles. The van der Waals surface area contributed by atoms with Gasteiger partial charge in [-0.3, -0.25) is 15.1 Å². The summed E-state index contributed by atoms with van der Waals surface area (Å²) in [6.07, 6.45) is 5.16. The Kier molecular flexibility index (Phi) is 4.36. The molecule has 0 aliphatic rings. The van der Waals surface area contributed by atoms with E-state index in [-0.39, 0.29) is 5.91 Å². The second-order valence-corrected chi connectivity index (χ2v) is 7.11. The molecule has 5 nitrogen and oxygen atoms in total. The number of fused-ring (bicyclic) bond motifs is 1. The molecule has 0 atom stereocenters. The van der Waals surface area contributed by atoms with Gasteiger partial charge in [0.2, 0.25) is 0 Å². The molecule has 0 unspecified atom stereocenters. The van der Waals surface area contributed by atoms with Crippen LogP contribution in [0.25, 0.3) is 21.2 Å². The standard InChI is InChI=1S/C19H13ClN4OS/c1-11-15(3-2-6-21-11)18(25)24-19-23-10-16(26-19)12-4-5-13-9-22-17(20)8-14(13)7-12/h2-10H,1H3,(H,23,24,25). The maximum Gasteiger partial charge on any atom is 0.259 e. The molecule has 4 aromatic rings. The molecule has 26 heavy (non-hydrogen) atoms. The van der Waals surface area contributed by atoms with Gasteiger partial charge in [0.25, 0.3) is 5.91 Å². The number of anilines is 1. The summed E-state index contributed by atoms with van der Waals surface area (Å²) >= 11 is 7.39. The minimum Gasteiger partial charge on any atom is -0.298 e. The van der Waals surface area contributed by atoms with Crippen LogP contribution in [-0.4, -0.2) is 20.9 Å². The molecule has 1 N–H and O–H groups in total. The fourth-order valence-corrected chi connectivity index (χ4v) is 3.60. The molecule has 3 aromatic heterocycles. The predicted molar refractivity (Wildman–Crippen MR) is 105 cm³/mol. The fourth-order valence-electron chi connectivity index (χ4n) is 2.62. The third kappa shape index (κ3) is 3.29. The molecule has 0 spiro atoms. The Labute approximate surface area is 158 Å². The van der Waals surface area contributed by atoms with Gasteiger partial charge >= 0.3 is 0 Å². The van der Waals surface area contributed by atoms with Crippen molar-refractivity contribution in [2.75, 3.05) is 5.32 Å². The molecule has 4 rings (SSSR count). The van der Waals surface area contributed by atoms with E-state index >= 15 is 0 Å². The van der Waals surface area contributed by atoms with Crippen molar-refractivity contribution in [1.29, 1.82) is 0 Å². The van der Waals surface area contributed by atoms with Gasteiger partial charge in [-0.1, -0.05) is 35.1 Å². The SMILES string of the molecule is Cc1ncccc1C(=O)Nc1ncc(-c2ccc3cnc(Cl)cc3c2)s1. The molecule has 128 valence electrons. The summed E-state index contributed by atoms with van der Waals surface area (Å²) < 4.78 is 0. The summed E-state index contributed by atoms with van der Waals surface area (Å²) in [7, 11) is 0. The van der Waals surface area contributed by atoms with Crippen LogP contribution < -0.4 is 5.32 Å². The van der Waals surface area contributed by atoms with Crippen molar-refractivity contribution in [3.63, 3.8) is 0 Å². The molecule has 1 amide bonds. The number of benzene rings is 1. The maximum atomic E-state index is 12.4. The van der Waals surface area contributed by atoms with E-state index < -0.39 is 0 Å². The molecule has 0 radical (unpaired) electrons. The monoisotopic (exact) mass is 380 g/mol. The topological polar surface area (TPSA) is 67.8 Å². The molecule has 0 saturated heterocycles. The summed E-state index contributed by atoms with van der Waals surface area (Å²) in [6.45, 7) is 1.80. The van der Waals surface area contributed by atoms with Crippen LogP contribution >= 0.6 is 22.9 Å². The summed E-state index contributed by atoms with van der Waals surface area (Å²) in [5.41, 5.74) is 2.23. The first-order valence-electron chi connectivity index (χ1n) is 7.84. The molecule has 7 heteroatoms. The van der Waals surface area contributed by atoms with E-state index in [2.05, 4.69) is 20.3 Å². The van der Waals surface area contributed by atoms with E-state index in [0.717, 1.165) is 21.2 Å². The lowest BCUT2D eigenvalue weighted by Crippen LogP contribution is -2.13. The highest BCUT2D eigenvalue weighted by atomic mass is 35.5. The molecule has 0 saturated carbocycles. The minimum atomic E-state index is -0.215. The third-order valence-corrected chi connectivity index (χ3v) is 5.12. The van der Waals surface area contributed by atoms with Gasteiger partial charge in [-0.2, -0.15) is 0 Å². The van der Waals surface area contributed by atoms with Crippen LogP contribution in [0.2, 0.25) is 5.15 Å². The van der Waals surface area contributed by atoms with Crippen molar-refractivity contribution in [3.8, 4) is 10.4 Å². The van der Waals surface area contributed by atoms with Gasteiger partial charge in [-0.25, -0.2) is 9.97 Å². The molecule has 3 heterocycles. The lowest BCUT2D eigenvalue weighted by Gasteiger charge is -2.04. The van der Waals surface area contributed by atoms with Gasteiger partial charge in [0.15, 0.2) is 5.13 Å². The molecular formula is C19H13ClN4OS. The average molecular weight is 381 g/mol. The van der Waals surface area contributed by atoms with E-state index in [9.17, 15) is 4.79 Å². The normalized spacial score (nSPS) is 10.8. The number of carbonyl (C=O) groups is 1. The first kappa shape index (κ1) is 16.6. The number of pyridine rings is 2. The fraction of sp³-hybridized carbons (Fsp3) is 0.0526. The van der Waals surface area contributed by atoms with Crippen molar-refractivity contribution in [2.45, 2.75) is 6.92 Å². The number of halogens is 1. The lowest BCUT2D eigenvalue weighted by atomic mass is 10.1. The first-order chi connectivity index (χ1) is 12.6. The summed E-state index contributed by atoms with van der Waals surface area (Å²) in [6, 6.07) is 11.3. The molecular weight excluding hydrogens is 368 g/mol. The van der Waals surface area contributed by atoms with Crippen molar-refractivity contribution in [3.05, 3.63) is 71.4 Å². The Bertz CT molecular complexity index is 1130. The molecule has 0 fully saturated rings. The second kappa shape index (κ2) is 6.82. The zero-order chi connectivity index (χ0) is 18.1. The number of nitrogens with one attached hydrogen (secondary N) is 1. The summed E-state index contributed by atoms with van der Waals surface area (Å²) in [4.78, 5) is 25.9. The zero-order valence-electron chi connectivity index (χ0n) is 13.7. The summed E-state index contributed by atoms with van der Waals surface area (Å²) in [5, 5.41) is 5.86. The molecule has 0 aliphatic heterocycles. The van der Waals surface area contributed by atoms with Crippen molar-refractivity contribution in [1.82, 2.24) is 15.0 Å². The Morgan fingerprint density at radius 1 is 1.08 bits per heavy atom. The number of hydrogen-bond donors (Lipinski definition) is 1. The van der Waals surface area contributed by atoms with Gasteiger partial charge in [-0.15, -0.1) is 0 Å². The Balaban J connectivity index is 1.60. The van der Waals surface area contributed by atoms with Gasteiger partial charge in [0.1, 0.15) is 5.15 Å². The van der Waals surface area contributed by atoms with Crippen LogP contribution in [0.4, 0.5) is 5.13 Å². The second-order valence-electron chi connectivity index (χ2n) is 5.69. The number of aryl methyl sites for hydroxylation is 1. The third-order valence-electron chi connectivity index (χ3n) is 3.95. The van der Waals surface area contributed by atoms with E-state index in [1.165, 1.54) is 11.3 Å². The maximum absolute atomic E-state index is 12.4. The quantitative estimate of drug-likeness (QED) is 0.509. The number of hydrogen-bond acceptors (Lipinski definition) is 5. The Morgan fingerprint density at radius 2 is 1.96 bits per heavy atom. The van der Waals surface area contributed by atoms with Gasteiger partial charge < -0.3 is 0 Å². The summed E-state index contributed by atoms with van der Waals surface area (Å²) in [5.74, 6) is -0.215. The largest absolute Gasteiger partial charge is 0.298 e. The molecule has 0 bridgehead atoms. The number of aromatic nitrogens is 3. The number of carbonyl (C=O) groups excluding carboxylic acids is 1. The van der Waals surface area contributed by atoms with E-state index in [4.69, 9.17) is 11.6 Å². The van der Waals surface area contributed by atoms with Crippen molar-refractivity contribution < 1.29 is 4.79 Å². The van der Waals surface area contributed by atoms with Crippen LogP contribution in [0.5, 0.6) is 0 Å². The van der Waals surface area contributed by atoms with Gasteiger partial charge in [0.05, 0.1) is 10.4 Å². The Hall–Kier alpha value is -2.83. The van der Waals surface area contributed by atoms with Crippen LogP contribution in [0.1, 0.15) is 16.1 Å². The van der Waals surface area contributed by atoms with E-state index in [1.807, 2.05) is 24.3 Å². The Morgan fingerprint density at radius 3 is 2.81 bits per heavy atom. The number of rotatable bonds is 3. The van der Waals surface area contributed by atoms with Crippen molar-refractivity contribution in [2.24, 2.45) is 0 Å². The predicted octanol–water partition coefficient (Wildman–Crippen LogP) is 4.97. The highest BCUT2D eigenvalue weighted by molar-refractivity contribution is 7.19. The minimum absolute atomic E-state index is 0.215. The van der Waals surface area contributed by atoms with Crippen LogP contribution in [0.3, 0.4) is 0 Å². The van der Waals surface area contributed by atoms with E-state index in [1.54, 1.807) is 37.6 Å². The molecule has 0 aliphatic carbocycles. The zero-order valence-corrected chi connectivity index (χ0v) is 15.3. The van der Waals surface area contributed by atoms with Crippen LogP contribution in [0.15, 0.2) is 55.0 Å². The van der Waals surface area contributed by atoms with Crippen LogP contribution in [-0.2, 0) is 0 Å².